The number of carbonyl (C=O) groups is 2. The first-order chi connectivity index (χ1) is 8.18. The number of primary amides is 1. The molecule has 0 saturated heterocycles. The van der Waals surface area contributed by atoms with Gasteiger partial charge in [-0.1, -0.05) is 12.1 Å². The normalized spacial score (nSPS) is 10.4. The maximum atomic E-state index is 11.8. The van der Waals surface area contributed by atoms with E-state index in [0.717, 1.165) is 5.39 Å². The maximum Gasteiger partial charge on any atom is 0.253 e. The molecular weight excluding hydrogens is 220 g/mol. The van der Waals surface area contributed by atoms with Crippen molar-refractivity contribution < 1.29 is 9.59 Å². The van der Waals surface area contributed by atoms with Crippen LogP contribution in [-0.2, 0) is 4.79 Å². The van der Waals surface area contributed by atoms with Gasteiger partial charge in [0.2, 0.25) is 5.91 Å². The van der Waals surface area contributed by atoms with E-state index >= 15 is 0 Å². The number of para-hydroxylation sites is 1. The van der Waals surface area contributed by atoms with E-state index in [2.05, 4.69) is 15.5 Å². The lowest BCUT2D eigenvalue weighted by molar-refractivity contribution is -0.117. The van der Waals surface area contributed by atoms with Gasteiger partial charge in [-0.05, 0) is 6.07 Å². The summed E-state index contributed by atoms with van der Waals surface area (Å²) in [7, 11) is 0. The van der Waals surface area contributed by atoms with Gasteiger partial charge in [0.15, 0.2) is 0 Å². The summed E-state index contributed by atoms with van der Waals surface area (Å²) in [4.78, 5) is 22.4. The number of carbonyl (C=O) groups excluding carboxylic acids is 2. The van der Waals surface area contributed by atoms with E-state index in [0.29, 0.717) is 11.1 Å². The van der Waals surface area contributed by atoms with Gasteiger partial charge in [-0.15, -0.1) is 0 Å². The molecule has 17 heavy (non-hydrogen) atoms. The van der Waals surface area contributed by atoms with E-state index in [1.165, 1.54) is 0 Å². The predicted molar refractivity (Wildman–Crippen MR) is 62.2 cm³/mol. The molecule has 6 heteroatoms. The minimum atomic E-state index is -0.440. The van der Waals surface area contributed by atoms with Crippen LogP contribution in [0.4, 0.5) is 0 Å². The number of nitrogens with one attached hydrogen (secondary N) is 2. The first-order valence-electron chi connectivity index (χ1n) is 5.17. The van der Waals surface area contributed by atoms with Crippen LogP contribution in [0.1, 0.15) is 16.8 Å². The van der Waals surface area contributed by atoms with Gasteiger partial charge in [0.1, 0.15) is 0 Å². The Morgan fingerprint density at radius 2 is 2.24 bits per heavy atom. The lowest BCUT2D eigenvalue weighted by Crippen LogP contribution is -2.28. The van der Waals surface area contributed by atoms with E-state index in [1.54, 1.807) is 18.3 Å². The van der Waals surface area contributed by atoms with Crippen LogP contribution in [0.25, 0.3) is 10.9 Å². The van der Waals surface area contributed by atoms with Crippen LogP contribution in [0.15, 0.2) is 24.4 Å². The summed E-state index contributed by atoms with van der Waals surface area (Å²) in [5, 5.41) is 10.1. The van der Waals surface area contributed by atoms with Crippen LogP contribution in [0.2, 0.25) is 0 Å². The molecular formula is C11H12N4O2. The van der Waals surface area contributed by atoms with Crippen molar-refractivity contribution in [3.05, 3.63) is 30.0 Å². The molecule has 0 unspecified atom stereocenters. The van der Waals surface area contributed by atoms with Crippen LogP contribution >= 0.6 is 0 Å². The third kappa shape index (κ3) is 2.41. The molecule has 0 radical (unpaired) electrons. The van der Waals surface area contributed by atoms with Crippen LogP contribution in [0, 0.1) is 0 Å². The van der Waals surface area contributed by atoms with Crippen molar-refractivity contribution in [3.63, 3.8) is 0 Å². The third-order valence-electron chi connectivity index (χ3n) is 2.38. The van der Waals surface area contributed by atoms with E-state index < -0.39 is 5.91 Å². The molecule has 1 aromatic heterocycles. The summed E-state index contributed by atoms with van der Waals surface area (Å²) in [6.07, 6.45) is 1.78. The molecule has 0 aliphatic carbocycles. The molecule has 6 nitrogen and oxygen atoms in total. The van der Waals surface area contributed by atoms with Gasteiger partial charge in [-0.2, -0.15) is 5.10 Å². The molecule has 0 aliphatic heterocycles. The Labute approximate surface area is 97.2 Å². The number of hydrogen-bond donors (Lipinski definition) is 3. The Kier molecular flexibility index (Phi) is 3.04. The minimum absolute atomic E-state index is 0.130. The van der Waals surface area contributed by atoms with Gasteiger partial charge in [-0.3, -0.25) is 14.7 Å². The first-order valence-corrected chi connectivity index (χ1v) is 5.17. The molecule has 0 spiro atoms. The van der Waals surface area contributed by atoms with E-state index in [-0.39, 0.29) is 18.9 Å². The number of fused-ring (bicyclic) bond motifs is 1. The van der Waals surface area contributed by atoms with E-state index in [4.69, 9.17) is 5.73 Å². The summed E-state index contributed by atoms with van der Waals surface area (Å²) in [6.45, 7) is 0.235. The Morgan fingerprint density at radius 1 is 1.41 bits per heavy atom. The SMILES string of the molecule is NC(=O)CCNC(=O)c1cccc2cn[nH]c12. The Hall–Kier alpha value is -2.37. The third-order valence-corrected chi connectivity index (χ3v) is 2.38. The predicted octanol–water partition coefficient (Wildman–Crippen LogP) is 0.168. The number of H-pyrrole nitrogens is 1. The van der Waals surface area contributed by atoms with Crippen LogP contribution in [0.5, 0.6) is 0 Å². The monoisotopic (exact) mass is 232 g/mol. The second-order valence-corrected chi connectivity index (χ2v) is 3.61. The number of benzene rings is 1. The molecule has 2 rings (SSSR count). The highest BCUT2D eigenvalue weighted by Crippen LogP contribution is 2.15. The van der Waals surface area contributed by atoms with Crippen LogP contribution in [-0.4, -0.2) is 28.6 Å². The summed E-state index contributed by atoms with van der Waals surface area (Å²) in [5.74, 6) is -0.689. The second-order valence-electron chi connectivity index (χ2n) is 3.61. The van der Waals surface area contributed by atoms with Crippen molar-refractivity contribution >= 4 is 22.7 Å². The van der Waals surface area contributed by atoms with Gasteiger partial charge in [0.05, 0.1) is 17.3 Å². The number of hydrogen-bond acceptors (Lipinski definition) is 3. The first kappa shape index (κ1) is 11.1. The molecule has 0 saturated carbocycles. The average Bonchev–Trinajstić information content (AvgIpc) is 2.75. The fraction of sp³-hybridized carbons (Fsp3) is 0.182. The zero-order chi connectivity index (χ0) is 12.3. The molecule has 0 bridgehead atoms. The van der Waals surface area contributed by atoms with E-state index in [9.17, 15) is 9.59 Å². The molecule has 1 aromatic carbocycles. The highest BCUT2D eigenvalue weighted by molar-refractivity contribution is 6.05. The van der Waals surface area contributed by atoms with Gasteiger partial charge >= 0.3 is 0 Å². The van der Waals surface area contributed by atoms with Crippen molar-refractivity contribution in [3.8, 4) is 0 Å². The standard InChI is InChI=1S/C11H12N4O2/c12-9(16)4-5-13-11(17)8-3-1-2-7-6-14-15-10(7)8/h1-3,6H,4-5H2,(H2,12,16)(H,13,17)(H,14,15). The number of rotatable bonds is 4. The van der Waals surface area contributed by atoms with Gasteiger partial charge in [0.25, 0.3) is 5.91 Å². The number of aromatic nitrogens is 2. The smallest absolute Gasteiger partial charge is 0.253 e. The number of nitrogens with two attached hydrogens (primary N) is 1. The minimum Gasteiger partial charge on any atom is -0.370 e. The number of aromatic amines is 1. The number of amides is 2. The van der Waals surface area contributed by atoms with Gasteiger partial charge < -0.3 is 11.1 Å². The zero-order valence-corrected chi connectivity index (χ0v) is 9.06. The molecule has 4 N–H and O–H groups in total. The van der Waals surface area contributed by atoms with Crippen LogP contribution < -0.4 is 11.1 Å². The van der Waals surface area contributed by atoms with Gasteiger partial charge in [0, 0.05) is 18.4 Å². The Morgan fingerprint density at radius 3 is 3.00 bits per heavy atom. The van der Waals surface area contributed by atoms with Crippen molar-refractivity contribution in [2.45, 2.75) is 6.42 Å². The fourth-order valence-electron chi connectivity index (χ4n) is 1.55. The lowest BCUT2D eigenvalue weighted by atomic mass is 10.1. The molecule has 0 aliphatic rings. The zero-order valence-electron chi connectivity index (χ0n) is 9.06. The summed E-state index contributed by atoms with van der Waals surface area (Å²) in [6, 6.07) is 5.33. The maximum absolute atomic E-state index is 11.8. The Bertz CT molecular complexity index is 561. The second kappa shape index (κ2) is 4.65. The molecule has 88 valence electrons. The van der Waals surface area contributed by atoms with Crippen molar-refractivity contribution in [2.75, 3.05) is 6.54 Å². The highest BCUT2D eigenvalue weighted by Gasteiger charge is 2.10. The average molecular weight is 232 g/mol. The van der Waals surface area contributed by atoms with Crippen LogP contribution in [0.3, 0.4) is 0 Å². The van der Waals surface area contributed by atoms with Crippen molar-refractivity contribution in [1.82, 2.24) is 15.5 Å². The van der Waals surface area contributed by atoms with E-state index in [1.807, 2.05) is 6.07 Å². The largest absolute Gasteiger partial charge is 0.370 e. The highest BCUT2D eigenvalue weighted by atomic mass is 16.2. The Balaban J connectivity index is 2.13. The molecule has 2 amide bonds. The van der Waals surface area contributed by atoms with Gasteiger partial charge in [-0.25, -0.2) is 0 Å². The molecule has 1 heterocycles. The summed E-state index contributed by atoms with van der Waals surface area (Å²) >= 11 is 0. The van der Waals surface area contributed by atoms with Crippen molar-refractivity contribution in [2.24, 2.45) is 5.73 Å². The summed E-state index contributed by atoms with van der Waals surface area (Å²) in [5.41, 5.74) is 6.17. The fourth-order valence-corrected chi connectivity index (χ4v) is 1.55. The van der Waals surface area contributed by atoms with Crippen molar-refractivity contribution in [1.29, 1.82) is 0 Å². The molecule has 2 aromatic rings. The quantitative estimate of drug-likeness (QED) is 0.700. The lowest BCUT2D eigenvalue weighted by Gasteiger charge is -2.04. The molecule has 0 atom stereocenters. The summed E-state index contributed by atoms with van der Waals surface area (Å²) < 4.78 is 0. The number of nitrogens with zero attached hydrogens (tertiary/aromatic N) is 1. The molecule has 0 fully saturated rings. The topological polar surface area (TPSA) is 101 Å².